The fourth-order valence-corrected chi connectivity index (χ4v) is 4.75. The first-order chi connectivity index (χ1) is 17.4. The van der Waals surface area contributed by atoms with E-state index in [2.05, 4.69) is 0 Å². The summed E-state index contributed by atoms with van der Waals surface area (Å²) in [6.07, 6.45) is -3.34. The molecule has 1 amide bonds. The SMILES string of the molecule is CCN(CC)c1ccc(CN(C(=O)c2ccco2)C(C)C)c(OS(=O)(=O)c2cccc(C(F)(F)F)c2)c1. The molecule has 11 heteroatoms. The molecule has 3 rings (SSSR count). The molecule has 7 nitrogen and oxygen atoms in total. The molecule has 3 aromatic rings. The van der Waals surface area contributed by atoms with E-state index in [4.69, 9.17) is 8.60 Å². The van der Waals surface area contributed by atoms with Crippen LogP contribution >= 0.6 is 0 Å². The predicted molar refractivity (Wildman–Crippen MR) is 133 cm³/mol. The summed E-state index contributed by atoms with van der Waals surface area (Å²) in [5, 5.41) is 0. The first-order valence-corrected chi connectivity index (χ1v) is 13.1. The number of alkyl halides is 3. The molecule has 0 saturated heterocycles. The van der Waals surface area contributed by atoms with E-state index >= 15 is 0 Å². The lowest BCUT2D eigenvalue weighted by Crippen LogP contribution is -2.36. The van der Waals surface area contributed by atoms with Gasteiger partial charge in [0, 0.05) is 36.4 Å². The molecule has 200 valence electrons. The van der Waals surface area contributed by atoms with Crippen molar-refractivity contribution in [3.8, 4) is 5.75 Å². The van der Waals surface area contributed by atoms with Gasteiger partial charge in [-0.2, -0.15) is 21.6 Å². The van der Waals surface area contributed by atoms with Crippen molar-refractivity contribution in [1.82, 2.24) is 4.90 Å². The van der Waals surface area contributed by atoms with Crippen LogP contribution in [0.25, 0.3) is 0 Å². The summed E-state index contributed by atoms with van der Waals surface area (Å²) in [6, 6.07) is 11.1. The van der Waals surface area contributed by atoms with Crippen molar-refractivity contribution >= 4 is 21.7 Å². The van der Waals surface area contributed by atoms with E-state index < -0.39 is 32.7 Å². The number of furan rings is 1. The predicted octanol–water partition coefficient (Wildman–Crippen LogP) is 5.96. The van der Waals surface area contributed by atoms with E-state index in [9.17, 15) is 26.4 Å². The number of hydrogen-bond donors (Lipinski definition) is 0. The van der Waals surface area contributed by atoms with Gasteiger partial charge >= 0.3 is 16.3 Å². The van der Waals surface area contributed by atoms with E-state index in [0.717, 1.165) is 18.2 Å². The van der Waals surface area contributed by atoms with Crippen LogP contribution in [0.3, 0.4) is 0 Å². The van der Waals surface area contributed by atoms with Crippen LogP contribution in [0.15, 0.2) is 70.2 Å². The molecule has 1 aromatic heterocycles. The maximum absolute atomic E-state index is 13.2. The third-order valence-electron chi connectivity index (χ3n) is 5.79. The number of hydrogen-bond acceptors (Lipinski definition) is 6. The molecule has 2 aromatic carbocycles. The molecule has 0 N–H and O–H groups in total. The Morgan fingerprint density at radius 2 is 1.73 bits per heavy atom. The lowest BCUT2D eigenvalue weighted by atomic mass is 10.1. The number of rotatable bonds is 10. The smallest absolute Gasteiger partial charge is 0.416 e. The standard InChI is InChI=1S/C26H29F3N2O5S/c1-5-30(6-2)21-13-12-19(17-31(18(3)4)25(32)23-11-8-14-35-23)24(16-21)36-37(33,34)22-10-7-9-20(15-22)26(27,28)29/h7-16,18H,5-6,17H2,1-4H3. The third kappa shape index (κ3) is 6.65. The average molecular weight is 539 g/mol. The van der Waals surface area contributed by atoms with Crippen molar-refractivity contribution in [3.63, 3.8) is 0 Å². The third-order valence-corrected chi connectivity index (χ3v) is 7.02. The van der Waals surface area contributed by atoms with Crippen LogP contribution < -0.4 is 9.08 Å². The molecule has 0 saturated carbocycles. The van der Waals surface area contributed by atoms with Crippen LogP contribution in [0.1, 0.15) is 49.4 Å². The topological polar surface area (TPSA) is 80.1 Å². The van der Waals surface area contributed by atoms with Crippen LogP contribution in [0, 0.1) is 0 Å². The van der Waals surface area contributed by atoms with Crippen molar-refractivity contribution < 1.29 is 35.0 Å². The van der Waals surface area contributed by atoms with Crippen LogP contribution in [0.2, 0.25) is 0 Å². The number of anilines is 1. The number of halogens is 3. The molecule has 0 bridgehead atoms. The van der Waals surface area contributed by atoms with Gasteiger partial charge < -0.3 is 18.4 Å². The van der Waals surface area contributed by atoms with E-state index in [0.29, 0.717) is 30.4 Å². The summed E-state index contributed by atoms with van der Waals surface area (Å²) in [7, 11) is -4.63. The molecule has 0 aliphatic heterocycles. The monoisotopic (exact) mass is 538 g/mol. The number of nitrogens with zero attached hydrogens (tertiary/aromatic N) is 2. The Kier molecular flexibility index (Phi) is 8.57. The maximum atomic E-state index is 13.2. The molecular weight excluding hydrogens is 509 g/mol. The first-order valence-electron chi connectivity index (χ1n) is 11.7. The van der Waals surface area contributed by atoms with Crippen LogP contribution in [-0.2, 0) is 22.8 Å². The summed E-state index contributed by atoms with van der Waals surface area (Å²) >= 11 is 0. The first kappa shape index (κ1) is 28.1. The van der Waals surface area contributed by atoms with E-state index in [1.54, 1.807) is 32.0 Å². The number of benzene rings is 2. The summed E-state index contributed by atoms with van der Waals surface area (Å²) in [4.78, 5) is 15.8. The highest BCUT2D eigenvalue weighted by atomic mass is 32.2. The zero-order valence-electron chi connectivity index (χ0n) is 20.9. The Balaban J connectivity index is 2.05. The molecule has 0 radical (unpaired) electrons. The number of carbonyl (C=O) groups is 1. The van der Waals surface area contributed by atoms with E-state index in [1.807, 2.05) is 18.7 Å². The van der Waals surface area contributed by atoms with Crippen LogP contribution in [0.4, 0.5) is 18.9 Å². The highest BCUT2D eigenvalue weighted by molar-refractivity contribution is 7.87. The normalized spacial score (nSPS) is 12.0. The van der Waals surface area contributed by atoms with Gasteiger partial charge in [-0.1, -0.05) is 12.1 Å². The van der Waals surface area contributed by atoms with Gasteiger partial charge in [0.2, 0.25) is 0 Å². The molecule has 0 fully saturated rings. The van der Waals surface area contributed by atoms with Crippen LogP contribution in [-0.4, -0.2) is 38.4 Å². The molecule has 0 unspecified atom stereocenters. The van der Waals surface area contributed by atoms with Crippen molar-refractivity contribution in [2.45, 2.75) is 51.4 Å². The second-order valence-electron chi connectivity index (χ2n) is 8.53. The van der Waals surface area contributed by atoms with Gasteiger partial charge in [-0.05, 0) is 64.1 Å². The van der Waals surface area contributed by atoms with E-state index in [-0.39, 0.29) is 24.1 Å². The van der Waals surface area contributed by atoms with Gasteiger partial charge in [0.1, 0.15) is 10.6 Å². The largest absolute Gasteiger partial charge is 0.459 e. The Morgan fingerprint density at radius 1 is 1.03 bits per heavy atom. The summed E-state index contributed by atoms with van der Waals surface area (Å²) < 4.78 is 76.4. The summed E-state index contributed by atoms with van der Waals surface area (Å²) in [5.41, 5.74) is -0.0826. The van der Waals surface area contributed by atoms with Crippen molar-refractivity contribution in [2.75, 3.05) is 18.0 Å². The molecule has 0 atom stereocenters. The highest BCUT2D eigenvalue weighted by Gasteiger charge is 2.32. The van der Waals surface area contributed by atoms with Gasteiger partial charge in [-0.3, -0.25) is 4.79 Å². The maximum Gasteiger partial charge on any atom is 0.416 e. The Labute approximate surface area is 214 Å². The van der Waals surface area contributed by atoms with Crippen LogP contribution in [0.5, 0.6) is 5.75 Å². The molecule has 37 heavy (non-hydrogen) atoms. The quantitative estimate of drug-likeness (QED) is 0.296. The summed E-state index contributed by atoms with van der Waals surface area (Å²) in [5.74, 6) is -0.369. The van der Waals surface area contributed by atoms with Gasteiger partial charge in [0.15, 0.2) is 5.76 Å². The van der Waals surface area contributed by atoms with Crippen molar-refractivity contribution in [1.29, 1.82) is 0 Å². The van der Waals surface area contributed by atoms with Gasteiger partial charge in [-0.25, -0.2) is 0 Å². The molecule has 1 heterocycles. The number of amides is 1. The average Bonchev–Trinajstić information content (AvgIpc) is 3.38. The minimum atomic E-state index is -4.72. The lowest BCUT2D eigenvalue weighted by Gasteiger charge is -2.28. The van der Waals surface area contributed by atoms with Gasteiger partial charge in [0.25, 0.3) is 5.91 Å². The van der Waals surface area contributed by atoms with Crippen molar-refractivity contribution in [2.24, 2.45) is 0 Å². The molecule has 0 spiro atoms. The molecule has 0 aliphatic carbocycles. The minimum absolute atomic E-state index is 0.0246. The Morgan fingerprint density at radius 3 is 2.30 bits per heavy atom. The molecular formula is C26H29F3N2O5S. The fraction of sp³-hybridized carbons (Fsp3) is 0.346. The fourth-order valence-electron chi connectivity index (χ4n) is 3.75. The summed E-state index contributed by atoms with van der Waals surface area (Å²) in [6.45, 7) is 8.69. The van der Waals surface area contributed by atoms with E-state index in [1.165, 1.54) is 23.3 Å². The Bertz CT molecular complexity index is 1320. The zero-order chi connectivity index (χ0) is 27.4. The lowest BCUT2D eigenvalue weighted by molar-refractivity contribution is -0.137. The Hall–Kier alpha value is -3.47. The minimum Gasteiger partial charge on any atom is -0.459 e. The number of carbonyl (C=O) groups excluding carboxylic acids is 1. The zero-order valence-corrected chi connectivity index (χ0v) is 21.8. The second kappa shape index (κ2) is 11.3. The van der Waals surface area contributed by atoms with Gasteiger partial charge in [0.05, 0.1) is 18.4 Å². The molecule has 0 aliphatic rings. The highest BCUT2D eigenvalue weighted by Crippen LogP contribution is 2.33. The van der Waals surface area contributed by atoms with Gasteiger partial charge in [-0.15, -0.1) is 0 Å². The second-order valence-corrected chi connectivity index (χ2v) is 10.1. The van der Waals surface area contributed by atoms with Crippen molar-refractivity contribution in [3.05, 3.63) is 77.7 Å².